The summed E-state index contributed by atoms with van der Waals surface area (Å²) in [6.45, 7) is 18.8. The molecule has 1 rings (SSSR count). The van der Waals surface area contributed by atoms with Crippen LogP contribution < -0.4 is 5.32 Å². The van der Waals surface area contributed by atoms with Crippen molar-refractivity contribution < 1.29 is 0 Å². The van der Waals surface area contributed by atoms with Crippen molar-refractivity contribution in [3.63, 3.8) is 0 Å². The molecule has 0 spiro atoms. The standard InChI is InChI=1S/C16H34N2/c1-8-14(12(3)4)18-11-16(7,9-2)17-10-15(18)13(5)6/h12-15,17H,8-11H2,1-7H3. The summed E-state index contributed by atoms with van der Waals surface area (Å²) in [6.07, 6.45) is 2.48. The summed E-state index contributed by atoms with van der Waals surface area (Å²) in [5.41, 5.74) is 0.299. The van der Waals surface area contributed by atoms with Gasteiger partial charge in [-0.1, -0.05) is 41.5 Å². The Kier molecular flexibility index (Phi) is 5.67. The van der Waals surface area contributed by atoms with Gasteiger partial charge in [0.05, 0.1) is 0 Å². The third-order valence-corrected chi connectivity index (χ3v) is 4.86. The van der Waals surface area contributed by atoms with Crippen LogP contribution in [0.1, 0.15) is 61.3 Å². The summed E-state index contributed by atoms with van der Waals surface area (Å²) in [5.74, 6) is 1.47. The number of piperazine rings is 1. The van der Waals surface area contributed by atoms with Gasteiger partial charge in [-0.2, -0.15) is 0 Å². The van der Waals surface area contributed by atoms with Gasteiger partial charge in [0.25, 0.3) is 0 Å². The van der Waals surface area contributed by atoms with E-state index in [1.807, 2.05) is 0 Å². The Hall–Kier alpha value is -0.0800. The normalized spacial score (nSPS) is 32.2. The smallest absolute Gasteiger partial charge is 0.0278 e. The molecular formula is C16H34N2. The zero-order valence-electron chi connectivity index (χ0n) is 13.6. The van der Waals surface area contributed by atoms with Gasteiger partial charge in [0.15, 0.2) is 0 Å². The van der Waals surface area contributed by atoms with Gasteiger partial charge in [0.1, 0.15) is 0 Å². The maximum Gasteiger partial charge on any atom is 0.0278 e. The van der Waals surface area contributed by atoms with E-state index in [0.29, 0.717) is 11.6 Å². The van der Waals surface area contributed by atoms with Gasteiger partial charge in [0, 0.05) is 30.7 Å². The highest BCUT2D eigenvalue weighted by Gasteiger charge is 2.39. The molecule has 3 unspecified atom stereocenters. The Morgan fingerprint density at radius 3 is 2.22 bits per heavy atom. The summed E-state index contributed by atoms with van der Waals surface area (Å²) >= 11 is 0. The minimum absolute atomic E-state index is 0.299. The average Bonchev–Trinajstić information content (AvgIpc) is 2.29. The second kappa shape index (κ2) is 6.38. The first-order valence-electron chi connectivity index (χ1n) is 7.85. The molecule has 0 aliphatic carbocycles. The zero-order chi connectivity index (χ0) is 13.9. The highest BCUT2D eigenvalue weighted by Crippen LogP contribution is 2.28. The lowest BCUT2D eigenvalue weighted by Gasteiger charge is -2.51. The van der Waals surface area contributed by atoms with E-state index in [1.54, 1.807) is 0 Å². The Morgan fingerprint density at radius 1 is 1.22 bits per heavy atom. The molecule has 2 nitrogen and oxygen atoms in total. The third kappa shape index (κ3) is 3.48. The highest BCUT2D eigenvalue weighted by molar-refractivity contribution is 4.97. The van der Waals surface area contributed by atoms with Crippen LogP contribution in [0.25, 0.3) is 0 Å². The zero-order valence-corrected chi connectivity index (χ0v) is 13.6. The minimum atomic E-state index is 0.299. The second-order valence-corrected chi connectivity index (χ2v) is 7.00. The molecule has 1 N–H and O–H groups in total. The Balaban J connectivity index is 2.90. The van der Waals surface area contributed by atoms with E-state index in [2.05, 4.69) is 58.7 Å². The van der Waals surface area contributed by atoms with Crippen LogP contribution in [0.2, 0.25) is 0 Å². The molecule has 108 valence electrons. The molecule has 0 bridgehead atoms. The lowest BCUT2D eigenvalue weighted by Crippen LogP contribution is -2.66. The maximum atomic E-state index is 3.78. The van der Waals surface area contributed by atoms with E-state index in [-0.39, 0.29) is 0 Å². The van der Waals surface area contributed by atoms with Crippen molar-refractivity contribution in [3.05, 3.63) is 0 Å². The van der Waals surface area contributed by atoms with Crippen LogP contribution >= 0.6 is 0 Å². The molecule has 1 aliphatic rings. The van der Waals surface area contributed by atoms with Crippen molar-refractivity contribution in [1.82, 2.24) is 10.2 Å². The molecule has 1 fully saturated rings. The van der Waals surface area contributed by atoms with E-state index in [0.717, 1.165) is 24.4 Å². The maximum absolute atomic E-state index is 3.78. The van der Waals surface area contributed by atoms with Crippen LogP contribution in [0.4, 0.5) is 0 Å². The van der Waals surface area contributed by atoms with Crippen LogP contribution in [0, 0.1) is 11.8 Å². The van der Waals surface area contributed by atoms with Crippen molar-refractivity contribution >= 4 is 0 Å². The molecule has 1 heterocycles. The lowest BCUT2D eigenvalue weighted by atomic mass is 9.86. The summed E-state index contributed by atoms with van der Waals surface area (Å²) < 4.78 is 0. The van der Waals surface area contributed by atoms with Crippen LogP contribution in [-0.2, 0) is 0 Å². The van der Waals surface area contributed by atoms with Gasteiger partial charge in [-0.05, 0) is 31.6 Å². The van der Waals surface area contributed by atoms with Gasteiger partial charge >= 0.3 is 0 Å². The van der Waals surface area contributed by atoms with E-state index in [1.165, 1.54) is 19.4 Å². The van der Waals surface area contributed by atoms with Crippen molar-refractivity contribution in [2.24, 2.45) is 11.8 Å². The monoisotopic (exact) mass is 254 g/mol. The van der Waals surface area contributed by atoms with Crippen LogP contribution in [0.3, 0.4) is 0 Å². The molecule has 0 aromatic carbocycles. The van der Waals surface area contributed by atoms with Crippen molar-refractivity contribution in [2.45, 2.75) is 78.9 Å². The predicted octanol–water partition coefficient (Wildman–Crippen LogP) is 3.52. The van der Waals surface area contributed by atoms with E-state index < -0.39 is 0 Å². The summed E-state index contributed by atoms with van der Waals surface area (Å²) in [4.78, 5) is 2.80. The van der Waals surface area contributed by atoms with Gasteiger partial charge in [-0.25, -0.2) is 0 Å². The summed E-state index contributed by atoms with van der Waals surface area (Å²) in [6, 6.07) is 1.42. The number of hydrogen-bond acceptors (Lipinski definition) is 2. The molecule has 2 heteroatoms. The molecule has 18 heavy (non-hydrogen) atoms. The molecule has 0 aromatic rings. The first kappa shape index (κ1) is 16.0. The quantitative estimate of drug-likeness (QED) is 0.807. The first-order valence-corrected chi connectivity index (χ1v) is 7.85. The topological polar surface area (TPSA) is 15.3 Å². The number of hydrogen-bond donors (Lipinski definition) is 1. The third-order valence-electron chi connectivity index (χ3n) is 4.86. The summed E-state index contributed by atoms with van der Waals surface area (Å²) in [7, 11) is 0. The van der Waals surface area contributed by atoms with Gasteiger partial charge in [0.2, 0.25) is 0 Å². The molecule has 1 aliphatic heterocycles. The largest absolute Gasteiger partial charge is 0.309 e. The van der Waals surface area contributed by atoms with Crippen molar-refractivity contribution in [3.8, 4) is 0 Å². The molecule has 0 radical (unpaired) electrons. The van der Waals surface area contributed by atoms with Crippen LogP contribution in [0.15, 0.2) is 0 Å². The highest BCUT2D eigenvalue weighted by atomic mass is 15.3. The fourth-order valence-electron chi connectivity index (χ4n) is 3.35. The van der Waals surface area contributed by atoms with Crippen LogP contribution in [0.5, 0.6) is 0 Å². The van der Waals surface area contributed by atoms with Gasteiger partial charge in [-0.3, -0.25) is 4.90 Å². The second-order valence-electron chi connectivity index (χ2n) is 7.00. The predicted molar refractivity (Wildman–Crippen MR) is 80.9 cm³/mol. The number of rotatable bonds is 5. The molecular weight excluding hydrogens is 220 g/mol. The minimum Gasteiger partial charge on any atom is -0.309 e. The van der Waals surface area contributed by atoms with Crippen molar-refractivity contribution in [1.29, 1.82) is 0 Å². The lowest BCUT2D eigenvalue weighted by molar-refractivity contribution is 0.00710. The number of nitrogens with zero attached hydrogens (tertiary/aromatic N) is 1. The van der Waals surface area contributed by atoms with Gasteiger partial charge < -0.3 is 5.32 Å². The molecule has 3 atom stereocenters. The molecule has 0 aromatic heterocycles. The van der Waals surface area contributed by atoms with E-state index in [9.17, 15) is 0 Å². The fourth-order valence-corrected chi connectivity index (χ4v) is 3.35. The SMILES string of the molecule is CCC(C(C)C)N1CC(C)(CC)NCC1C(C)C. The average molecular weight is 254 g/mol. The van der Waals surface area contributed by atoms with E-state index >= 15 is 0 Å². The van der Waals surface area contributed by atoms with E-state index in [4.69, 9.17) is 0 Å². The fraction of sp³-hybridized carbons (Fsp3) is 1.00. The van der Waals surface area contributed by atoms with Crippen LogP contribution in [-0.4, -0.2) is 35.6 Å². The Bertz CT molecular complexity index is 239. The number of nitrogens with one attached hydrogen (secondary N) is 1. The summed E-state index contributed by atoms with van der Waals surface area (Å²) in [5, 5.41) is 3.78. The van der Waals surface area contributed by atoms with Gasteiger partial charge in [-0.15, -0.1) is 0 Å². The Morgan fingerprint density at radius 2 is 1.83 bits per heavy atom. The molecule has 0 amide bonds. The first-order chi connectivity index (χ1) is 8.34. The van der Waals surface area contributed by atoms with Crippen molar-refractivity contribution in [2.75, 3.05) is 13.1 Å². The molecule has 0 saturated carbocycles. The molecule has 1 saturated heterocycles. The Labute approximate surface area is 115 Å².